The number of carbonyl (C=O) groups is 1. The molecule has 0 fully saturated rings. The fourth-order valence-electron chi connectivity index (χ4n) is 0.771. The summed E-state index contributed by atoms with van der Waals surface area (Å²) in [6.45, 7) is 1.54. The Morgan fingerprint density at radius 2 is 1.91 bits per heavy atom. The maximum atomic E-state index is 10.8. The second kappa shape index (κ2) is 4.99. The predicted octanol–water partition coefficient (Wildman–Crippen LogP) is 1.53. The van der Waals surface area contributed by atoms with E-state index in [1.54, 1.807) is 12.1 Å². The third-order valence-electron chi connectivity index (χ3n) is 1.28. The van der Waals surface area contributed by atoms with Crippen molar-refractivity contribution in [2.75, 3.05) is 0 Å². The second-order valence-electron chi connectivity index (χ2n) is 2.07. The van der Waals surface area contributed by atoms with Gasteiger partial charge in [0.15, 0.2) is 5.78 Å². The van der Waals surface area contributed by atoms with Crippen molar-refractivity contribution in [1.82, 2.24) is 0 Å². The summed E-state index contributed by atoms with van der Waals surface area (Å²) in [6.07, 6.45) is 0. The van der Waals surface area contributed by atoms with E-state index in [-0.39, 0.29) is 35.3 Å². The molecule has 0 heterocycles. The minimum atomic E-state index is 0. The van der Waals surface area contributed by atoms with Crippen molar-refractivity contribution in [3.63, 3.8) is 0 Å². The van der Waals surface area contributed by atoms with Crippen LogP contribution in [0.1, 0.15) is 17.3 Å². The zero-order valence-electron chi connectivity index (χ0n) is 5.66. The first-order valence-corrected chi connectivity index (χ1v) is 3.45. The van der Waals surface area contributed by atoms with Crippen LogP contribution in [0.5, 0.6) is 0 Å². The van der Waals surface area contributed by atoms with E-state index in [0.717, 1.165) is 4.90 Å². The fourth-order valence-corrected chi connectivity index (χ4v) is 1.09. The fraction of sp³-hybridized carbons (Fsp3) is 0.125. The average Bonchev–Trinajstić information content (AvgIpc) is 1.88. The summed E-state index contributed by atoms with van der Waals surface area (Å²) < 4.78 is 0. The first-order valence-electron chi connectivity index (χ1n) is 3.01. The number of Topliss-reactive ketones (excluding diaryl/α,β-unsaturated/α-hetero) is 1. The van der Waals surface area contributed by atoms with E-state index < -0.39 is 0 Å². The monoisotopic (exact) mass is 176 g/mol. The number of hydrogen-bond donors (Lipinski definition) is 1. The van der Waals surface area contributed by atoms with Gasteiger partial charge in [0, 0.05) is 10.5 Å². The van der Waals surface area contributed by atoms with Crippen LogP contribution < -0.4 is 0 Å². The summed E-state index contributed by atoms with van der Waals surface area (Å²) in [5, 5.41) is 0. The average molecular weight is 176 g/mol. The molecule has 0 atom stereocenters. The molecular weight excluding hydrogens is 167 g/mol. The minimum absolute atomic E-state index is 0. The zero-order valence-corrected chi connectivity index (χ0v) is 6.56. The van der Waals surface area contributed by atoms with Crippen LogP contribution in [0, 0.1) is 0 Å². The van der Waals surface area contributed by atoms with Gasteiger partial charge in [-0.3, -0.25) is 4.79 Å². The Hall–Kier alpha value is 0.240. The summed E-state index contributed by atoms with van der Waals surface area (Å²) >= 11 is 4.12. The van der Waals surface area contributed by atoms with Gasteiger partial charge in [-0.2, -0.15) is 0 Å². The third kappa shape index (κ3) is 2.99. The van der Waals surface area contributed by atoms with Crippen LogP contribution in [0.2, 0.25) is 0 Å². The Balaban J connectivity index is 0.000001000. The first-order chi connectivity index (χ1) is 4.72. The van der Waals surface area contributed by atoms with Gasteiger partial charge in [0.1, 0.15) is 0 Å². The Labute approximate surface area is 93.9 Å². The number of benzene rings is 1. The normalized spacial score (nSPS) is 8.55. The summed E-state index contributed by atoms with van der Waals surface area (Å²) in [4.78, 5) is 11.6. The third-order valence-corrected chi connectivity index (χ3v) is 1.67. The van der Waals surface area contributed by atoms with Crippen molar-refractivity contribution in [3.05, 3.63) is 29.8 Å². The van der Waals surface area contributed by atoms with Crippen LogP contribution in [-0.4, -0.2) is 35.3 Å². The summed E-state index contributed by atoms with van der Waals surface area (Å²) in [5.74, 6) is 0.0607. The summed E-state index contributed by atoms with van der Waals surface area (Å²) in [7, 11) is 0. The van der Waals surface area contributed by atoms with E-state index >= 15 is 0 Å². The molecule has 1 aromatic carbocycles. The van der Waals surface area contributed by atoms with Gasteiger partial charge in [0.2, 0.25) is 0 Å². The van der Waals surface area contributed by atoms with Crippen LogP contribution >= 0.6 is 12.6 Å². The molecular formula is C8H9NaOS. The standard InChI is InChI=1S/C8H8OS.Na.H/c1-6(9)7-4-2-3-5-8(7)10;;/h2-5,10H,1H3;;. The summed E-state index contributed by atoms with van der Waals surface area (Å²) in [5.41, 5.74) is 0.686. The van der Waals surface area contributed by atoms with E-state index in [4.69, 9.17) is 0 Å². The second-order valence-corrected chi connectivity index (χ2v) is 2.56. The van der Waals surface area contributed by atoms with Crippen LogP contribution in [0.3, 0.4) is 0 Å². The predicted molar refractivity (Wildman–Crippen MR) is 50.8 cm³/mol. The van der Waals surface area contributed by atoms with E-state index in [0.29, 0.717) is 5.56 Å². The van der Waals surface area contributed by atoms with Crippen LogP contribution in [0.4, 0.5) is 0 Å². The molecule has 0 aliphatic heterocycles. The number of thiol groups is 1. The SMILES string of the molecule is CC(=O)c1ccccc1S.[NaH]. The Bertz CT molecular complexity index is 260. The first kappa shape index (κ1) is 11.2. The van der Waals surface area contributed by atoms with Crippen molar-refractivity contribution in [1.29, 1.82) is 0 Å². The molecule has 0 N–H and O–H groups in total. The van der Waals surface area contributed by atoms with Crippen LogP contribution in [0.15, 0.2) is 29.2 Å². The summed E-state index contributed by atoms with van der Waals surface area (Å²) in [6, 6.07) is 7.26. The Morgan fingerprint density at radius 1 is 1.36 bits per heavy atom. The van der Waals surface area contributed by atoms with Gasteiger partial charge in [-0.25, -0.2) is 0 Å². The maximum absolute atomic E-state index is 10.8. The molecule has 0 unspecified atom stereocenters. The van der Waals surface area contributed by atoms with E-state index in [1.165, 1.54) is 6.92 Å². The van der Waals surface area contributed by atoms with E-state index in [1.807, 2.05) is 12.1 Å². The van der Waals surface area contributed by atoms with Gasteiger partial charge in [0.25, 0.3) is 0 Å². The van der Waals surface area contributed by atoms with Crippen molar-refractivity contribution in [2.24, 2.45) is 0 Å². The van der Waals surface area contributed by atoms with E-state index in [9.17, 15) is 4.79 Å². The van der Waals surface area contributed by atoms with Crippen molar-refractivity contribution < 1.29 is 4.79 Å². The molecule has 0 aliphatic rings. The zero-order chi connectivity index (χ0) is 7.56. The van der Waals surface area contributed by atoms with Crippen molar-refractivity contribution in [3.8, 4) is 0 Å². The molecule has 0 saturated carbocycles. The number of hydrogen-bond acceptors (Lipinski definition) is 2. The molecule has 0 amide bonds. The molecule has 0 radical (unpaired) electrons. The van der Waals surface area contributed by atoms with Crippen LogP contribution in [0.25, 0.3) is 0 Å². The molecule has 0 saturated heterocycles. The molecule has 1 rings (SSSR count). The quantitative estimate of drug-likeness (QED) is 0.390. The van der Waals surface area contributed by atoms with Gasteiger partial charge in [-0.05, 0) is 13.0 Å². The molecule has 3 heteroatoms. The van der Waals surface area contributed by atoms with Gasteiger partial charge in [-0.1, -0.05) is 18.2 Å². The van der Waals surface area contributed by atoms with Crippen molar-refractivity contribution in [2.45, 2.75) is 11.8 Å². The molecule has 54 valence electrons. The van der Waals surface area contributed by atoms with E-state index in [2.05, 4.69) is 12.6 Å². The van der Waals surface area contributed by atoms with Gasteiger partial charge in [0.05, 0.1) is 0 Å². The Morgan fingerprint density at radius 3 is 2.27 bits per heavy atom. The molecule has 1 aromatic rings. The molecule has 11 heavy (non-hydrogen) atoms. The molecule has 0 aliphatic carbocycles. The molecule has 1 nitrogen and oxygen atoms in total. The van der Waals surface area contributed by atoms with Crippen LogP contribution in [-0.2, 0) is 0 Å². The topological polar surface area (TPSA) is 17.1 Å². The number of carbonyl (C=O) groups excluding carboxylic acids is 1. The molecule has 0 aromatic heterocycles. The number of ketones is 1. The van der Waals surface area contributed by atoms with Gasteiger partial charge in [-0.15, -0.1) is 12.6 Å². The Kier molecular flexibility index (Phi) is 5.10. The van der Waals surface area contributed by atoms with Crippen molar-refractivity contribution >= 4 is 48.0 Å². The molecule has 0 spiro atoms. The molecule has 0 bridgehead atoms. The van der Waals surface area contributed by atoms with Gasteiger partial charge < -0.3 is 0 Å². The number of rotatable bonds is 1. The van der Waals surface area contributed by atoms with Gasteiger partial charge >= 0.3 is 29.6 Å².